The number of rotatable bonds is 0. The highest BCUT2D eigenvalue weighted by Crippen LogP contribution is 2.30. The molecule has 2 aromatic rings. The number of alkyl halides is 3. The van der Waals surface area contributed by atoms with Gasteiger partial charge < -0.3 is 4.74 Å². The molecule has 0 aliphatic carbocycles. The van der Waals surface area contributed by atoms with Crippen LogP contribution in [0.25, 0.3) is 5.76 Å². The number of fused-ring (bicyclic) bond motifs is 1. The smallest absolute Gasteiger partial charge is 0.416 e. The van der Waals surface area contributed by atoms with Crippen LogP contribution in [0.15, 0.2) is 49.0 Å². The van der Waals surface area contributed by atoms with Gasteiger partial charge in [0.05, 0.1) is 11.1 Å². The number of carbonyl (C=O) groups excluding carboxylic acids is 1. The molecule has 0 saturated carbocycles. The van der Waals surface area contributed by atoms with Crippen LogP contribution >= 0.6 is 0 Å². The molecule has 2 aromatic carbocycles. The van der Waals surface area contributed by atoms with Gasteiger partial charge in [0.1, 0.15) is 5.76 Å². The molecule has 1 heterocycles. The standard InChI is InChI=1S/C18H9F3O2/c1-11-16-10-13(6-9-15(16)17(22)23-11)3-2-12-4-7-14(8-5-12)18(19,20)21/h4-10H,1H2. The lowest BCUT2D eigenvalue weighted by molar-refractivity contribution is -0.137. The first kappa shape index (κ1) is 14.9. The minimum atomic E-state index is -4.36. The van der Waals surface area contributed by atoms with Gasteiger partial charge in [-0.1, -0.05) is 18.4 Å². The monoisotopic (exact) mass is 314 g/mol. The summed E-state index contributed by atoms with van der Waals surface area (Å²) in [5, 5.41) is 0. The van der Waals surface area contributed by atoms with Gasteiger partial charge in [-0.3, -0.25) is 0 Å². The molecule has 114 valence electrons. The quantitative estimate of drug-likeness (QED) is 0.537. The van der Waals surface area contributed by atoms with Crippen molar-refractivity contribution in [1.29, 1.82) is 0 Å². The van der Waals surface area contributed by atoms with Crippen LogP contribution in [0.2, 0.25) is 0 Å². The fraction of sp³-hybridized carbons (Fsp3) is 0.0556. The summed E-state index contributed by atoms with van der Waals surface area (Å²) in [6.07, 6.45) is -4.36. The van der Waals surface area contributed by atoms with Crippen LogP contribution in [0.5, 0.6) is 0 Å². The van der Waals surface area contributed by atoms with Crippen molar-refractivity contribution in [2.45, 2.75) is 6.18 Å². The zero-order chi connectivity index (χ0) is 16.6. The molecule has 0 fully saturated rings. The molecule has 0 aromatic heterocycles. The lowest BCUT2D eigenvalue weighted by atomic mass is 10.0. The van der Waals surface area contributed by atoms with E-state index in [9.17, 15) is 18.0 Å². The summed E-state index contributed by atoms with van der Waals surface area (Å²) < 4.78 is 42.4. The predicted molar refractivity (Wildman–Crippen MR) is 78.3 cm³/mol. The highest BCUT2D eigenvalue weighted by Gasteiger charge is 2.29. The van der Waals surface area contributed by atoms with E-state index in [1.54, 1.807) is 18.2 Å². The molecule has 0 radical (unpaired) electrons. The first-order chi connectivity index (χ1) is 10.8. The first-order valence-electron chi connectivity index (χ1n) is 6.59. The third-order valence-corrected chi connectivity index (χ3v) is 3.32. The molecular weight excluding hydrogens is 305 g/mol. The summed E-state index contributed by atoms with van der Waals surface area (Å²) in [4.78, 5) is 11.5. The third kappa shape index (κ3) is 2.97. The third-order valence-electron chi connectivity index (χ3n) is 3.32. The fourth-order valence-corrected chi connectivity index (χ4v) is 2.14. The maximum absolute atomic E-state index is 12.5. The molecule has 23 heavy (non-hydrogen) atoms. The van der Waals surface area contributed by atoms with Crippen molar-refractivity contribution < 1.29 is 22.7 Å². The van der Waals surface area contributed by atoms with E-state index in [1.165, 1.54) is 12.1 Å². The van der Waals surface area contributed by atoms with E-state index in [2.05, 4.69) is 18.4 Å². The molecule has 2 nitrogen and oxygen atoms in total. The van der Waals surface area contributed by atoms with Crippen molar-refractivity contribution in [3.8, 4) is 11.8 Å². The average Bonchev–Trinajstić information content (AvgIpc) is 2.79. The number of carbonyl (C=O) groups is 1. The number of hydrogen-bond donors (Lipinski definition) is 0. The second-order valence-corrected chi connectivity index (χ2v) is 4.90. The van der Waals surface area contributed by atoms with E-state index < -0.39 is 17.7 Å². The van der Waals surface area contributed by atoms with Gasteiger partial charge in [0.15, 0.2) is 0 Å². The summed E-state index contributed by atoms with van der Waals surface area (Å²) in [5.74, 6) is 5.44. The molecule has 0 spiro atoms. The van der Waals surface area contributed by atoms with Gasteiger partial charge in [-0.05, 0) is 42.5 Å². The second kappa shape index (κ2) is 5.33. The maximum atomic E-state index is 12.5. The van der Waals surface area contributed by atoms with Gasteiger partial charge in [-0.15, -0.1) is 0 Å². The van der Waals surface area contributed by atoms with Crippen molar-refractivity contribution in [2.75, 3.05) is 0 Å². The van der Waals surface area contributed by atoms with Crippen LogP contribution in [0.3, 0.4) is 0 Å². The second-order valence-electron chi connectivity index (χ2n) is 4.90. The lowest BCUT2D eigenvalue weighted by Crippen LogP contribution is -2.04. The van der Waals surface area contributed by atoms with Crippen LogP contribution < -0.4 is 0 Å². The van der Waals surface area contributed by atoms with Crippen molar-refractivity contribution in [3.63, 3.8) is 0 Å². The summed E-state index contributed by atoms with van der Waals surface area (Å²) >= 11 is 0. The van der Waals surface area contributed by atoms with E-state index in [4.69, 9.17) is 4.74 Å². The summed E-state index contributed by atoms with van der Waals surface area (Å²) in [6, 6.07) is 9.51. The molecule has 1 aliphatic heterocycles. The molecule has 0 saturated heterocycles. The number of esters is 1. The fourth-order valence-electron chi connectivity index (χ4n) is 2.14. The summed E-state index contributed by atoms with van der Waals surface area (Å²) in [6.45, 7) is 3.64. The highest BCUT2D eigenvalue weighted by atomic mass is 19.4. The van der Waals surface area contributed by atoms with E-state index in [1.807, 2.05) is 0 Å². The average molecular weight is 314 g/mol. The Balaban J connectivity index is 1.87. The van der Waals surface area contributed by atoms with E-state index in [-0.39, 0.29) is 5.76 Å². The molecule has 0 unspecified atom stereocenters. The number of ether oxygens (including phenoxy) is 1. The first-order valence-corrected chi connectivity index (χ1v) is 6.59. The Morgan fingerprint density at radius 2 is 1.52 bits per heavy atom. The van der Waals surface area contributed by atoms with Crippen molar-refractivity contribution in [3.05, 3.63) is 76.9 Å². The van der Waals surface area contributed by atoms with E-state index >= 15 is 0 Å². The predicted octanol–water partition coefficient (Wildman–Crippen LogP) is 4.25. The topological polar surface area (TPSA) is 26.3 Å². The van der Waals surface area contributed by atoms with Crippen molar-refractivity contribution in [1.82, 2.24) is 0 Å². The Labute approximate surface area is 130 Å². The molecule has 0 atom stereocenters. The van der Waals surface area contributed by atoms with Crippen molar-refractivity contribution in [2.24, 2.45) is 0 Å². The Bertz CT molecular complexity index is 866. The van der Waals surface area contributed by atoms with Gasteiger partial charge in [-0.25, -0.2) is 4.79 Å². The molecule has 0 amide bonds. The van der Waals surface area contributed by atoms with Gasteiger partial charge >= 0.3 is 12.1 Å². The van der Waals surface area contributed by atoms with Crippen LogP contribution in [-0.4, -0.2) is 5.97 Å². The summed E-state index contributed by atoms with van der Waals surface area (Å²) in [5.41, 5.74) is 1.37. The largest absolute Gasteiger partial charge is 0.423 e. The zero-order valence-corrected chi connectivity index (χ0v) is 11.7. The Morgan fingerprint density at radius 1 is 0.913 bits per heavy atom. The van der Waals surface area contributed by atoms with Crippen LogP contribution in [0, 0.1) is 11.8 Å². The van der Waals surface area contributed by atoms with Gasteiger partial charge in [0.2, 0.25) is 0 Å². The molecule has 3 rings (SSSR count). The van der Waals surface area contributed by atoms with Crippen LogP contribution in [0.4, 0.5) is 13.2 Å². The zero-order valence-electron chi connectivity index (χ0n) is 11.7. The molecule has 0 N–H and O–H groups in total. The van der Waals surface area contributed by atoms with E-state index in [0.717, 1.165) is 12.1 Å². The Morgan fingerprint density at radius 3 is 2.17 bits per heavy atom. The maximum Gasteiger partial charge on any atom is 0.416 e. The minimum absolute atomic E-state index is 0.267. The molecule has 1 aliphatic rings. The van der Waals surface area contributed by atoms with Crippen LogP contribution in [-0.2, 0) is 10.9 Å². The van der Waals surface area contributed by atoms with Gasteiger partial charge in [-0.2, -0.15) is 13.2 Å². The number of halogens is 3. The molecule has 5 heteroatoms. The Hall–Kier alpha value is -3.00. The number of cyclic esters (lactones) is 1. The van der Waals surface area contributed by atoms with Crippen LogP contribution in [0.1, 0.15) is 32.6 Å². The normalized spacial score (nSPS) is 13.2. The van der Waals surface area contributed by atoms with Crippen molar-refractivity contribution >= 4 is 11.7 Å². The number of hydrogen-bond acceptors (Lipinski definition) is 2. The van der Waals surface area contributed by atoms with E-state index in [0.29, 0.717) is 22.3 Å². The van der Waals surface area contributed by atoms with Gasteiger partial charge in [0, 0.05) is 16.7 Å². The SMILES string of the molecule is C=C1OC(=O)c2ccc(C#Cc3ccc(C(F)(F)F)cc3)cc21. The summed E-state index contributed by atoms with van der Waals surface area (Å²) in [7, 11) is 0. The molecular formula is C18H9F3O2. The lowest BCUT2D eigenvalue weighted by Gasteiger charge is -2.05. The number of benzene rings is 2. The minimum Gasteiger partial charge on any atom is -0.423 e. The Kier molecular flexibility index (Phi) is 3.45. The molecule has 0 bridgehead atoms. The van der Waals surface area contributed by atoms with Gasteiger partial charge in [0.25, 0.3) is 0 Å². The highest BCUT2D eigenvalue weighted by molar-refractivity contribution is 6.02.